The molecule has 0 aromatic carbocycles. The van der Waals surface area contributed by atoms with E-state index in [9.17, 15) is 9.59 Å². The SMILES string of the molecule is CC(C)(C)C(=O)NC1CCCN(C(=O)c2ccccn2)C1. The first-order valence-corrected chi connectivity index (χ1v) is 7.39. The van der Waals surface area contributed by atoms with Crippen LogP contribution in [0.15, 0.2) is 24.4 Å². The van der Waals surface area contributed by atoms with Crippen molar-refractivity contribution in [2.45, 2.75) is 39.7 Å². The van der Waals surface area contributed by atoms with Crippen LogP contribution in [-0.2, 0) is 4.79 Å². The molecule has 2 heterocycles. The van der Waals surface area contributed by atoms with E-state index < -0.39 is 5.41 Å². The number of piperidine rings is 1. The number of hydrogen-bond acceptors (Lipinski definition) is 3. The van der Waals surface area contributed by atoms with E-state index in [-0.39, 0.29) is 17.9 Å². The summed E-state index contributed by atoms with van der Waals surface area (Å²) in [7, 11) is 0. The summed E-state index contributed by atoms with van der Waals surface area (Å²) >= 11 is 0. The van der Waals surface area contributed by atoms with E-state index >= 15 is 0 Å². The highest BCUT2D eigenvalue weighted by Gasteiger charge is 2.29. The molecule has 1 N–H and O–H groups in total. The molecule has 1 unspecified atom stereocenters. The fourth-order valence-corrected chi connectivity index (χ4v) is 2.33. The Morgan fingerprint density at radius 3 is 2.71 bits per heavy atom. The Labute approximate surface area is 125 Å². The average molecular weight is 289 g/mol. The van der Waals surface area contributed by atoms with Crippen molar-refractivity contribution in [3.63, 3.8) is 0 Å². The lowest BCUT2D eigenvalue weighted by Crippen LogP contribution is -2.51. The summed E-state index contributed by atoms with van der Waals surface area (Å²) in [6, 6.07) is 5.35. The Balaban J connectivity index is 1.98. The van der Waals surface area contributed by atoms with Gasteiger partial charge in [-0.1, -0.05) is 26.8 Å². The highest BCUT2D eigenvalue weighted by molar-refractivity contribution is 5.92. The molecule has 1 fully saturated rings. The lowest BCUT2D eigenvalue weighted by molar-refractivity contribution is -0.129. The monoisotopic (exact) mass is 289 g/mol. The minimum atomic E-state index is -0.409. The first-order chi connectivity index (χ1) is 9.88. The van der Waals surface area contributed by atoms with Gasteiger partial charge in [0.05, 0.1) is 0 Å². The van der Waals surface area contributed by atoms with Gasteiger partial charge in [-0.2, -0.15) is 0 Å². The second-order valence-corrected chi connectivity index (χ2v) is 6.53. The number of nitrogens with one attached hydrogen (secondary N) is 1. The predicted molar refractivity (Wildman–Crippen MR) is 80.8 cm³/mol. The molecule has 5 nitrogen and oxygen atoms in total. The van der Waals surface area contributed by atoms with Gasteiger partial charge in [-0.05, 0) is 25.0 Å². The number of amides is 2. The van der Waals surface area contributed by atoms with Crippen molar-refractivity contribution >= 4 is 11.8 Å². The molecule has 0 radical (unpaired) electrons. The normalized spacial score (nSPS) is 19.2. The van der Waals surface area contributed by atoms with Crippen LogP contribution in [-0.4, -0.2) is 40.8 Å². The highest BCUT2D eigenvalue weighted by Crippen LogP contribution is 2.17. The number of hydrogen-bond donors (Lipinski definition) is 1. The molecule has 114 valence electrons. The summed E-state index contributed by atoms with van der Waals surface area (Å²) < 4.78 is 0. The van der Waals surface area contributed by atoms with Crippen molar-refractivity contribution in [2.75, 3.05) is 13.1 Å². The predicted octanol–water partition coefficient (Wildman–Crippen LogP) is 1.85. The zero-order chi connectivity index (χ0) is 15.5. The van der Waals surface area contributed by atoms with Crippen molar-refractivity contribution < 1.29 is 9.59 Å². The van der Waals surface area contributed by atoms with Crippen molar-refractivity contribution in [1.29, 1.82) is 0 Å². The molecule has 1 atom stereocenters. The molecule has 0 spiro atoms. The van der Waals surface area contributed by atoms with E-state index in [0.717, 1.165) is 19.4 Å². The van der Waals surface area contributed by atoms with Crippen molar-refractivity contribution in [2.24, 2.45) is 5.41 Å². The Morgan fingerprint density at radius 2 is 2.10 bits per heavy atom. The van der Waals surface area contributed by atoms with Crippen LogP contribution in [0.2, 0.25) is 0 Å². The Bertz CT molecular complexity index is 508. The second-order valence-electron chi connectivity index (χ2n) is 6.53. The first kappa shape index (κ1) is 15.5. The molecule has 5 heteroatoms. The zero-order valence-corrected chi connectivity index (χ0v) is 12.9. The number of carbonyl (C=O) groups excluding carboxylic acids is 2. The van der Waals surface area contributed by atoms with Crippen LogP contribution in [0.4, 0.5) is 0 Å². The van der Waals surface area contributed by atoms with Crippen LogP contribution in [0, 0.1) is 5.41 Å². The molecule has 1 aliphatic heterocycles. The third-order valence-electron chi connectivity index (χ3n) is 3.61. The van der Waals surface area contributed by atoms with Gasteiger partial charge < -0.3 is 10.2 Å². The quantitative estimate of drug-likeness (QED) is 0.903. The van der Waals surface area contributed by atoms with E-state index in [1.54, 1.807) is 23.2 Å². The van der Waals surface area contributed by atoms with Crippen LogP contribution in [0.1, 0.15) is 44.1 Å². The molecule has 2 amide bonds. The number of aromatic nitrogens is 1. The molecule has 1 saturated heterocycles. The van der Waals surface area contributed by atoms with E-state index in [1.807, 2.05) is 26.8 Å². The molecule has 0 aliphatic carbocycles. The maximum Gasteiger partial charge on any atom is 0.272 e. The molecule has 2 rings (SSSR count). The standard InChI is InChI=1S/C16H23N3O2/c1-16(2,3)15(21)18-12-7-6-10-19(11-12)14(20)13-8-4-5-9-17-13/h4-5,8-9,12H,6-7,10-11H2,1-3H3,(H,18,21). The third-order valence-corrected chi connectivity index (χ3v) is 3.61. The van der Waals surface area contributed by atoms with Crippen LogP contribution >= 0.6 is 0 Å². The smallest absolute Gasteiger partial charge is 0.272 e. The lowest BCUT2D eigenvalue weighted by atomic mass is 9.94. The molecule has 21 heavy (non-hydrogen) atoms. The summed E-state index contributed by atoms with van der Waals surface area (Å²) in [5.74, 6) is -0.0371. The molecule has 1 aromatic rings. The van der Waals surface area contributed by atoms with Crippen LogP contribution in [0.25, 0.3) is 0 Å². The summed E-state index contributed by atoms with van der Waals surface area (Å²) in [6.45, 7) is 6.94. The summed E-state index contributed by atoms with van der Waals surface area (Å²) in [5.41, 5.74) is 0.0492. The average Bonchev–Trinajstić information content (AvgIpc) is 2.46. The fourth-order valence-electron chi connectivity index (χ4n) is 2.33. The number of nitrogens with zero attached hydrogens (tertiary/aromatic N) is 2. The fraction of sp³-hybridized carbons (Fsp3) is 0.562. The highest BCUT2D eigenvalue weighted by atomic mass is 16.2. The number of pyridine rings is 1. The third kappa shape index (κ3) is 4.03. The number of carbonyl (C=O) groups is 2. The van der Waals surface area contributed by atoms with Crippen molar-refractivity contribution in [1.82, 2.24) is 15.2 Å². The van der Waals surface area contributed by atoms with Gasteiger partial charge >= 0.3 is 0 Å². The number of rotatable bonds is 2. The number of likely N-dealkylation sites (tertiary alicyclic amines) is 1. The van der Waals surface area contributed by atoms with E-state index in [4.69, 9.17) is 0 Å². The maximum atomic E-state index is 12.4. The molecule has 1 aromatic heterocycles. The zero-order valence-electron chi connectivity index (χ0n) is 12.9. The molecular formula is C16H23N3O2. The second kappa shape index (κ2) is 6.24. The van der Waals surface area contributed by atoms with E-state index in [2.05, 4.69) is 10.3 Å². The van der Waals surface area contributed by atoms with Crippen LogP contribution in [0.5, 0.6) is 0 Å². The van der Waals surface area contributed by atoms with Gasteiger partial charge in [0, 0.05) is 30.7 Å². The van der Waals surface area contributed by atoms with Gasteiger partial charge in [0.25, 0.3) is 5.91 Å². The topological polar surface area (TPSA) is 62.3 Å². The van der Waals surface area contributed by atoms with Gasteiger partial charge in [0.2, 0.25) is 5.91 Å². The lowest BCUT2D eigenvalue weighted by Gasteiger charge is -2.34. The largest absolute Gasteiger partial charge is 0.351 e. The molecule has 1 aliphatic rings. The minimum Gasteiger partial charge on any atom is -0.351 e. The van der Waals surface area contributed by atoms with Gasteiger partial charge in [0.1, 0.15) is 5.69 Å². The van der Waals surface area contributed by atoms with Crippen molar-refractivity contribution in [3.8, 4) is 0 Å². The Kier molecular flexibility index (Phi) is 4.60. The van der Waals surface area contributed by atoms with Crippen LogP contribution in [0.3, 0.4) is 0 Å². The first-order valence-electron chi connectivity index (χ1n) is 7.39. The Morgan fingerprint density at radius 1 is 1.33 bits per heavy atom. The summed E-state index contributed by atoms with van der Waals surface area (Å²) in [4.78, 5) is 30.3. The van der Waals surface area contributed by atoms with E-state index in [0.29, 0.717) is 12.2 Å². The van der Waals surface area contributed by atoms with Crippen molar-refractivity contribution in [3.05, 3.63) is 30.1 Å². The maximum absolute atomic E-state index is 12.4. The Hall–Kier alpha value is -1.91. The molecule has 0 saturated carbocycles. The van der Waals surface area contributed by atoms with Gasteiger partial charge in [0.15, 0.2) is 0 Å². The molecule has 0 bridgehead atoms. The van der Waals surface area contributed by atoms with Gasteiger partial charge in [-0.15, -0.1) is 0 Å². The van der Waals surface area contributed by atoms with E-state index in [1.165, 1.54) is 0 Å². The van der Waals surface area contributed by atoms with Gasteiger partial charge in [-0.3, -0.25) is 14.6 Å². The van der Waals surface area contributed by atoms with Crippen LogP contribution < -0.4 is 5.32 Å². The van der Waals surface area contributed by atoms with Gasteiger partial charge in [-0.25, -0.2) is 0 Å². The molecular weight excluding hydrogens is 266 g/mol. The summed E-state index contributed by atoms with van der Waals surface area (Å²) in [5, 5.41) is 3.04. The minimum absolute atomic E-state index is 0.0261. The summed E-state index contributed by atoms with van der Waals surface area (Å²) in [6.07, 6.45) is 3.43.